The lowest BCUT2D eigenvalue weighted by molar-refractivity contribution is -0.133. The van der Waals surface area contributed by atoms with E-state index in [2.05, 4.69) is 41.7 Å². The van der Waals surface area contributed by atoms with Gasteiger partial charge in [0.05, 0.1) is 6.10 Å². The largest absolute Gasteiger partial charge is 0.484 e. The molecule has 0 aromatic heterocycles. The number of ether oxygens (including phenoxy) is 2. The first-order chi connectivity index (χ1) is 15.0. The van der Waals surface area contributed by atoms with Crippen molar-refractivity contribution in [3.8, 4) is 5.75 Å². The molecule has 0 aliphatic heterocycles. The number of aliphatic imine (C=N–C) groups is 1. The van der Waals surface area contributed by atoms with Gasteiger partial charge in [0, 0.05) is 37.7 Å². The van der Waals surface area contributed by atoms with Crippen LogP contribution >= 0.6 is 24.0 Å². The highest BCUT2D eigenvalue weighted by Crippen LogP contribution is 2.48. The van der Waals surface area contributed by atoms with Gasteiger partial charge in [-0.25, -0.2) is 0 Å². The van der Waals surface area contributed by atoms with E-state index in [4.69, 9.17) is 9.47 Å². The van der Waals surface area contributed by atoms with Crippen molar-refractivity contribution in [3.63, 3.8) is 0 Å². The van der Waals surface area contributed by atoms with E-state index in [1.165, 1.54) is 0 Å². The molecule has 0 bridgehead atoms. The van der Waals surface area contributed by atoms with Crippen LogP contribution in [-0.4, -0.2) is 50.3 Å². The summed E-state index contributed by atoms with van der Waals surface area (Å²) in [4.78, 5) is 16.2. The number of nitrogens with one attached hydrogen (secondary N) is 3. The summed E-state index contributed by atoms with van der Waals surface area (Å²) in [5.41, 5.74) is 1.23. The average Bonchev–Trinajstić information content (AvgIpc) is 3.59. The van der Waals surface area contributed by atoms with Crippen LogP contribution in [0.4, 0.5) is 0 Å². The molecule has 2 aliphatic carbocycles. The Morgan fingerprint density at radius 3 is 2.56 bits per heavy atom. The van der Waals surface area contributed by atoms with Gasteiger partial charge in [0.2, 0.25) is 0 Å². The molecule has 2 aliphatic rings. The number of amides is 1. The number of rotatable bonds is 11. The molecule has 7 nitrogen and oxygen atoms in total. The van der Waals surface area contributed by atoms with Gasteiger partial charge in [-0.1, -0.05) is 26.0 Å². The molecule has 1 aromatic rings. The summed E-state index contributed by atoms with van der Waals surface area (Å²) in [6, 6.07) is 8.52. The van der Waals surface area contributed by atoms with Gasteiger partial charge in [-0.2, -0.15) is 0 Å². The molecule has 0 radical (unpaired) electrons. The molecule has 2 atom stereocenters. The van der Waals surface area contributed by atoms with Crippen LogP contribution < -0.4 is 20.7 Å². The van der Waals surface area contributed by atoms with Gasteiger partial charge < -0.3 is 25.4 Å². The van der Waals surface area contributed by atoms with E-state index >= 15 is 0 Å². The molecule has 0 saturated heterocycles. The summed E-state index contributed by atoms with van der Waals surface area (Å²) in [5.74, 6) is 1.43. The van der Waals surface area contributed by atoms with Crippen molar-refractivity contribution < 1.29 is 14.3 Å². The first-order valence-corrected chi connectivity index (χ1v) is 11.6. The Hall–Kier alpha value is -1.55. The SMILES string of the molecule is CCOC1CC(NC(=NC)NCc2cccc(OCC(=O)NC3CC3)c2)C1(CC)CC.I. The van der Waals surface area contributed by atoms with E-state index in [-0.39, 0.29) is 41.9 Å². The van der Waals surface area contributed by atoms with Crippen LogP contribution in [0.2, 0.25) is 0 Å². The van der Waals surface area contributed by atoms with Gasteiger partial charge in [-0.3, -0.25) is 9.79 Å². The fourth-order valence-electron chi connectivity index (χ4n) is 4.52. The lowest BCUT2D eigenvalue weighted by atomic mass is 9.58. The second kappa shape index (κ2) is 12.6. The number of carbonyl (C=O) groups is 1. The van der Waals surface area contributed by atoms with Gasteiger partial charge in [0.25, 0.3) is 5.91 Å². The number of benzene rings is 1. The van der Waals surface area contributed by atoms with Gasteiger partial charge in [0.1, 0.15) is 5.75 Å². The zero-order valence-corrected chi connectivity index (χ0v) is 22.1. The molecule has 2 saturated carbocycles. The van der Waals surface area contributed by atoms with Crippen molar-refractivity contribution in [2.24, 2.45) is 10.4 Å². The van der Waals surface area contributed by atoms with E-state index < -0.39 is 0 Å². The summed E-state index contributed by atoms with van der Waals surface area (Å²) in [7, 11) is 1.80. The van der Waals surface area contributed by atoms with Gasteiger partial charge in [-0.15, -0.1) is 24.0 Å². The van der Waals surface area contributed by atoms with Crippen molar-refractivity contribution in [1.29, 1.82) is 0 Å². The third kappa shape index (κ3) is 6.73. The lowest BCUT2D eigenvalue weighted by Crippen LogP contribution is -2.65. The van der Waals surface area contributed by atoms with Crippen LogP contribution in [0.25, 0.3) is 0 Å². The minimum absolute atomic E-state index is 0. The number of halogens is 1. The Bertz CT molecular complexity index is 765. The maximum atomic E-state index is 11.8. The number of carbonyl (C=O) groups excluding carboxylic acids is 1. The van der Waals surface area contributed by atoms with E-state index in [1.807, 2.05) is 24.3 Å². The number of nitrogens with zero attached hydrogens (tertiary/aromatic N) is 1. The van der Waals surface area contributed by atoms with Gasteiger partial charge in [0.15, 0.2) is 12.6 Å². The number of hydrogen-bond acceptors (Lipinski definition) is 4. The van der Waals surface area contributed by atoms with Gasteiger partial charge >= 0.3 is 0 Å². The van der Waals surface area contributed by atoms with Crippen LogP contribution in [0.1, 0.15) is 58.4 Å². The Morgan fingerprint density at radius 2 is 1.94 bits per heavy atom. The van der Waals surface area contributed by atoms with Crippen molar-refractivity contribution in [2.75, 3.05) is 20.3 Å². The van der Waals surface area contributed by atoms with Gasteiger partial charge in [-0.05, 0) is 56.7 Å². The maximum Gasteiger partial charge on any atom is 0.258 e. The van der Waals surface area contributed by atoms with Crippen molar-refractivity contribution >= 4 is 35.8 Å². The molecule has 32 heavy (non-hydrogen) atoms. The average molecular weight is 559 g/mol. The van der Waals surface area contributed by atoms with Crippen molar-refractivity contribution in [3.05, 3.63) is 29.8 Å². The van der Waals surface area contributed by atoms with Crippen molar-refractivity contribution in [2.45, 2.75) is 77.6 Å². The Labute approximate surface area is 209 Å². The standard InChI is InChI=1S/C24H38N4O3.HI/c1-5-24(6-2)20(14-21(24)30-7-3)28-23(25-4)26-15-17-9-8-10-19(13-17)31-16-22(29)27-18-11-12-18;/h8-10,13,18,20-21H,5-7,11-12,14-16H2,1-4H3,(H,27,29)(H2,25,26,28);1H. The first-order valence-electron chi connectivity index (χ1n) is 11.6. The number of guanidine groups is 1. The third-order valence-corrected chi connectivity index (χ3v) is 6.67. The molecule has 3 N–H and O–H groups in total. The zero-order valence-electron chi connectivity index (χ0n) is 19.8. The molecule has 3 rings (SSSR count). The van der Waals surface area contributed by atoms with Crippen LogP contribution in [0, 0.1) is 5.41 Å². The molecule has 2 fully saturated rings. The normalized spacial score (nSPS) is 21.7. The zero-order chi connectivity index (χ0) is 22.3. The summed E-state index contributed by atoms with van der Waals surface area (Å²) < 4.78 is 11.6. The monoisotopic (exact) mass is 558 g/mol. The van der Waals surface area contributed by atoms with Crippen LogP contribution in [0.5, 0.6) is 5.75 Å². The summed E-state index contributed by atoms with van der Waals surface area (Å²) in [6.07, 6.45) is 5.63. The molecule has 8 heteroatoms. The van der Waals surface area contributed by atoms with E-state index in [9.17, 15) is 4.79 Å². The Morgan fingerprint density at radius 1 is 1.19 bits per heavy atom. The molecule has 1 amide bonds. The van der Waals surface area contributed by atoms with E-state index in [1.54, 1.807) is 7.05 Å². The second-order valence-corrected chi connectivity index (χ2v) is 8.52. The quantitative estimate of drug-likeness (QED) is 0.220. The highest BCUT2D eigenvalue weighted by atomic mass is 127. The first kappa shape index (κ1) is 26.7. The molecule has 180 valence electrons. The highest BCUT2D eigenvalue weighted by molar-refractivity contribution is 14.0. The van der Waals surface area contributed by atoms with Crippen LogP contribution in [-0.2, 0) is 16.1 Å². The molecule has 0 heterocycles. The third-order valence-electron chi connectivity index (χ3n) is 6.67. The Kier molecular flexibility index (Phi) is 10.5. The molecular weight excluding hydrogens is 519 g/mol. The molecule has 1 aromatic carbocycles. The predicted molar refractivity (Wildman–Crippen MR) is 139 cm³/mol. The molecular formula is C24H39IN4O3. The smallest absolute Gasteiger partial charge is 0.258 e. The van der Waals surface area contributed by atoms with E-state index in [0.717, 1.165) is 50.2 Å². The molecule has 2 unspecified atom stereocenters. The lowest BCUT2D eigenvalue weighted by Gasteiger charge is -2.55. The van der Waals surface area contributed by atoms with Crippen LogP contribution in [0.3, 0.4) is 0 Å². The summed E-state index contributed by atoms with van der Waals surface area (Å²) >= 11 is 0. The fourth-order valence-corrected chi connectivity index (χ4v) is 4.52. The van der Waals surface area contributed by atoms with E-state index in [0.29, 0.717) is 30.5 Å². The highest BCUT2D eigenvalue weighted by Gasteiger charge is 2.53. The topological polar surface area (TPSA) is 84.0 Å². The summed E-state index contributed by atoms with van der Waals surface area (Å²) in [6.45, 7) is 7.99. The van der Waals surface area contributed by atoms with Crippen LogP contribution in [0.15, 0.2) is 29.3 Å². The number of hydrogen-bond donors (Lipinski definition) is 3. The Balaban J connectivity index is 0.00000363. The molecule has 0 spiro atoms. The predicted octanol–water partition coefficient (Wildman–Crippen LogP) is 3.61. The second-order valence-electron chi connectivity index (χ2n) is 8.52. The fraction of sp³-hybridized carbons (Fsp3) is 0.667. The maximum absolute atomic E-state index is 11.8. The minimum Gasteiger partial charge on any atom is -0.484 e. The minimum atomic E-state index is -0.0585. The van der Waals surface area contributed by atoms with Crippen molar-refractivity contribution in [1.82, 2.24) is 16.0 Å². The summed E-state index contributed by atoms with van der Waals surface area (Å²) in [5, 5.41) is 9.95.